The fraction of sp³-hybridized carbons (Fsp3) is 0.250. The summed E-state index contributed by atoms with van der Waals surface area (Å²) in [5, 5.41) is 11.4. The molecule has 0 unspecified atom stereocenters. The maximum Gasteiger partial charge on any atom is 0.341 e. The van der Waals surface area contributed by atoms with Crippen LogP contribution >= 0.6 is 0 Å². The van der Waals surface area contributed by atoms with Crippen LogP contribution in [0.2, 0.25) is 0 Å². The lowest BCUT2D eigenvalue weighted by Crippen LogP contribution is -2.28. The number of amides is 3. The second kappa shape index (κ2) is 8.43. The monoisotopic (exact) mass is 383 g/mol. The number of anilines is 1. The summed E-state index contributed by atoms with van der Waals surface area (Å²) in [6.07, 6.45) is 0. The summed E-state index contributed by atoms with van der Waals surface area (Å²) in [4.78, 5) is 38.1. The third-order valence-electron chi connectivity index (χ3n) is 4.33. The molecule has 1 aliphatic heterocycles. The highest BCUT2D eigenvalue weighted by Crippen LogP contribution is 2.19. The smallest absolute Gasteiger partial charge is 0.341 e. The van der Waals surface area contributed by atoms with E-state index < -0.39 is 12.6 Å². The quantitative estimate of drug-likeness (QED) is 0.761. The number of ether oxygens (including phenoxy) is 1. The van der Waals surface area contributed by atoms with Crippen molar-refractivity contribution in [3.8, 4) is 5.75 Å². The molecule has 0 aliphatic carbocycles. The zero-order valence-electron chi connectivity index (χ0n) is 15.4. The molecule has 1 heterocycles. The summed E-state index contributed by atoms with van der Waals surface area (Å²) in [6.45, 7) is 1.22. The zero-order valence-corrected chi connectivity index (χ0v) is 15.4. The number of carboxylic acid groups (broad SMARTS) is 1. The minimum atomic E-state index is -1.04. The average molecular weight is 383 g/mol. The Labute approximate surface area is 162 Å². The summed E-state index contributed by atoms with van der Waals surface area (Å²) in [6, 6.07) is 13.7. The fourth-order valence-corrected chi connectivity index (χ4v) is 2.90. The van der Waals surface area contributed by atoms with Crippen molar-refractivity contribution in [1.82, 2.24) is 10.2 Å². The molecule has 3 amide bonds. The molecule has 2 N–H and O–H groups in total. The number of hydrogen-bond acceptors (Lipinski definition) is 4. The van der Waals surface area contributed by atoms with E-state index in [1.165, 1.54) is 0 Å². The number of hydrogen-bond donors (Lipinski definition) is 2. The molecular weight excluding hydrogens is 362 g/mol. The van der Waals surface area contributed by atoms with Crippen LogP contribution in [0, 0.1) is 0 Å². The van der Waals surface area contributed by atoms with Crippen molar-refractivity contribution in [3.05, 3.63) is 59.7 Å². The number of rotatable bonds is 7. The molecule has 0 spiro atoms. The maximum absolute atomic E-state index is 12.6. The van der Waals surface area contributed by atoms with Gasteiger partial charge in [0.25, 0.3) is 5.91 Å². The number of aliphatic carboxylic acids is 1. The average Bonchev–Trinajstić information content (AvgIpc) is 3.13. The van der Waals surface area contributed by atoms with Gasteiger partial charge in [-0.15, -0.1) is 0 Å². The lowest BCUT2D eigenvalue weighted by atomic mass is 10.1. The van der Waals surface area contributed by atoms with Crippen LogP contribution < -0.4 is 15.0 Å². The second-order valence-electron chi connectivity index (χ2n) is 6.42. The molecule has 8 nitrogen and oxygen atoms in total. The number of nitrogens with one attached hydrogen (secondary N) is 1. The van der Waals surface area contributed by atoms with Gasteiger partial charge in [0.05, 0.1) is 0 Å². The number of nitrogens with zero attached hydrogens (tertiary/aromatic N) is 2. The first kappa shape index (κ1) is 19.2. The predicted molar refractivity (Wildman–Crippen MR) is 103 cm³/mol. The van der Waals surface area contributed by atoms with Crippen LogP contribution in [0.4, 0.5) is 10.5 Å². The molecule has 0 aromatic heterocycles. The van der Waals surface area contributed by atoms with E-state index in [2.05, 4.69) is 5.32 Å². The molecule has 2 aromatic carbocycles. The Morgan fingerprint density at radius 2 is 1.82 bits per heavy atom. The summed E-state index contributed by atoms with van der Waals surface area (Å²) >= 11 is 0. The minimum Gasteiger partial charge on any atom is -0.482 e. The molecule has 1 aliphatic rings. The molecule has 0 saturated carbocycles. The number of urea groups is 1. The Hall–Kier alpha value is -3.55. The van der Waals surface area contributed by atoms with Crippen molar-refractivity contribution >= 4 is 23.6 Å². The first-order valence-electron chi connectivity index (χ1n) is 8.78. The van der Waals surface area contributed by atoms with E-state index in [4.69, 9.17) is 9.84 Å². The molecule has 0 radical (unpaired) electrons. The van der Waals surface area contributed by atoms with Gasteiger partial charge in [-0.3, -0.25) is 9.69 Å². The van der Waals surface area contributed by atoms with Crippen molar-refractivity contribution in [2.24, 2.45) is 0 Å². The van der Waals surface area contributed by atoms with Crippen LogP contribution in [0.5, 0.6) is 5.75 Å². The van der Waals surface area contributed by atoms with E-state index in [1.54, 1.807) is 65.4 Å². The molecule has 1 saturated heterocycles. The predicted octanol–water partition coefficient (Wildman–Crippen LogP) is 1.95. The van der Waals surface area contributed by atoms with Gasteiger partial charge in [0.15, 0.2) is 6.61 Å². The van der Waals surface area contributed by atoms with E-state index >= 15 is 0 Å². The molecule has 0 bridgehead atoms. The van der Waals surface area contributed by atoms with E-state index in [9.17, 15) is 14.4 Å². The topological polar surface area (TPSA) is 99.2 Å². The van der Waals surface area contributed by atoms with Crippen LogP contribution in [0.25, 0.3) is 0 Å². The molecule has 2 aromatic rings. The SMILES string of the molecule is CN(Cc1ccc(OCC(=O)O)cc1)C(=O)c1ccc(N2CCNC2=O)cc1. The van der Waals surface area contributed by atoms with Gasteiger partial charge in [0.2, 0.25) is 0 Å². The van der Waals surface area contributed by atoms with Crippen LogP contribution in [0.15, 0.2) is 48.5 Å². The molecule has 146 valence electrons. The normalized spacial score (nSPS) is 13.2. The van der Waals surface area contributed by atoms with Gasteiger partial charge in [-0.1, -0.05) is 12.1 Å². The number of benzene rings is 2. The van der Waals surface area contributed by atoms with Gasteiger partial charge in [0.1, 0.15) is 5.75 Å². The van der Waals surface area contributed by atoms with E-state index in [0.717, 1.165) is 11.3 Å². The van der Waals surface area contributed by atoms with E-state index in [-0.39, 0.29) is 11.9 Å². The van der Waals surface area contributed by atoms with Gasteiger partial charge < -0.3 is 20.1 Å². The van der Waals surface area contributed by atoms with Crippen molar-refractivity contribution in [2.45, 2.75) is 6.54 Å². The van der Waals surface area contributed by atoms with Crippen LogP contribution in [-0.2, 0) is 11.3 Å². The largest absolute Gasteiger partial charge is 0.482 e. The molecular formula is C20H21N3O5. The molecule has 8 heteroatoms. The van der Waals surface area contributed by atoms with Crippen molar-refractivity contribution in [3.63, 3.8) is 0 Å². The Kier molecular flexibility index (Phi) is 5.78. The second-order valence-corrected chi connectivity index (χ2v) is 6.42. The van der Waals surface area contributed by atoms with Crippen LogP contribution in [0.1, 0.15) is 15.9 Å². The Balaban J connectivity index is 1.59. The van der Waals surface area contributed by atoms with Gasteiger partial charge in [-0.25, -0.2) is 9.59 Å². The van der Waals surface area contributed by atoms with E-state index in [0.29, 0.717) is 30.9 Å². The van der Waals surface area contributed by atoms with Gasteiger partial charge in [-0.2, -0.15) is 0 Å². The maximum atomic E-state index is 12.6. The molecule has 3 rings (SSSR count). The third kappa shape index (κ3) is 4.59. The minimum absolute atomic E-state index is 0.132. The standard InChI is InChI=1S/C20H21N3O5/c1-22(12-14-2-8-17(9-3-14)28-13-18(24)25)19(26)15-4-6-16(7-5-15)23-11-10-21-20(23)27/h2-9H,10-13H2,1H3,(H,21,27)(H,24,25). The van der Waals surface area contributed by atoms with Crippen LogP contribution in [0.3, 0.4) is 0 Å². The Morgan fingerprint density at radius 1 is 1.14 bits per heavy atom. The lowest BCUT2D eigenvalue weighted by Gasteiger charge is -2.19. The lowest BCUT2D eigenvalue weighted by molar-refractivity contribution is -0.139. The number of carbonyl (C=O) groups is 3. The number of carbonyl (C=O) groups excluding carboxylic acids is 2. The summed E-state index contributed by atoms with van der Waals surface area (Å²) < 4.78 is 5.09. The summed E-state index contributed by atoms with van der Waals surface area (Å²) in [5.74, 6) is -0.712. The molecule has 0 atom stereocenters. The van der Waals surface area contributed by atoms with E-state index in [1.807, 2.05) is 0 Å². The highest BCUT2D eigenvalue weighted by Gasteiger charge is 2.21. The Morgan fingerprint density at radius 3 is 2.39 bits per heavy atom. The van der Waals surface area contributed by atoms with Crippen molar-refractivity contribution in [1.29, 1.82) is 0 Å². The van der Waals surface area contributed by atoms with Gasteiger partial charge in [0, 0.05) is 37.9 Å². The third-order valence-corrected chi connectivity index (χ3v) is 4.33. The van der Waals surface area contributed by atoms with Crippen molar-refractivity contribution < 1.29 is 24.2 Å². The highest BCUT2D eigenvalue weighted by atomic mass is 16.5. The zero-order chi connectivity index (χ0) is 20.1. The first-order chi connectivity index (χ1) is 13.4. The first-order valence-corrected chi connectivity index (χ1v) is 8.78. The Bertz CT molecular complexity index is 864. The van der Waals surface area contributed by atoms with Gasteiger partial charge in [-0.05, 0) is 42.0 Å². The number of carboxylic acids is 1. The highest BCUT2D eigenvalue weighted by molar-refractivity contribution is 5.96. The molecule has 1 fully saturated rings. The van der Waals surface area contributed by atoms with Gasteiger partial charge >= 0.3 is 12.0 Å². The summed E-state index contributed by atoms with van der Waals surface area (Å²) in [5.41, 5.74) is 2.18. The van der Waals surface area contributed by atoms with Crippen LogP contribution in [-0.4, -0.2) is 54.7 Å². The van der Waals surface area contributed by atoms with Crippen molar-refractivity contribution in [2.75, 3.05) is 31.6 Å². The summed E-state index contributed by atoms with van der Waals surface area (Å²) in [7, 11) is 1.71. The fourth-order valence-electron chi connectivity index (χ4n) is 2.90. The molecule has 28 heavy (non-hydrogen) atoms.